The van der Waals surface area contributed by atoms with E-state index in [0.717, 1.165) is 23.4 Å². The van der Waals surface area contributed by atoms with E-state index in [2.05, 4.69) is 17.4 Å². The van der Waals surface area contributed by atoms with Crippen molar-refractivity contribution >= 4 is 17.7 Å². The Kier molecular flexibility index (Phi) is 5.52. The Morgan fingerprint density at radius 2 is 1.70 bits per heavy atom. The Bertz CT molecular complexity index is 1060. The van der Waals surface area contributed by atoms with Crippen molar-refractivity contribution in [3.05, 3.63) is 71.4 Å². The summed E-state index contributed by atoms with van der Waals surface area (Å²) in [5.74, 6) is -0.403. The highest BCUT2D eigenvalue weighted by molar-refractivity contribution is 5.92. The van der Waals surface area contributed by atoms with Crippen LogP contribution in [0.25, 0.3) is 11.3 Å². The first kappa shape index (κ1) is 19.7. The maximum Gasteiger partial charge on any atom is 0.337 e. The van der Waals surface area contributed by atoms with Gasteiger partial charge in [0.2, 0.25) is 0 Å². The fraction of sp³-hybridized carbons (Fsp3) is 0.261. The molecule has 0 atom stereocenters. The molecule has 0 aliphatic carbocycles. The number of hydrogen-bond donors (Lipinski definition) is 1. The summed E-state index contributed by atoms with van der Waals surface area (Å²) in [5, 5.41) is 7.62. The quantitative estimate of drug-likeness (QED) is 0.678. The number of fused-ring (bicyclic) bond motifs is 1. The molecule has 2 amide bonds. The van der Waals surface area contributed by atoms with Crippen molar-refractivity contribution in [2.24, 2.45) is 7.05 Å². The normalized spacial score (nSPS) is 13.3. The van der Waals surface area contributed by atoms with Crippen LogP contribution in [-0.4, -0.2) is 46.9 Å². The summed E-state index contributed by atoms with van der Waals surface area (Å²) in [6, 6.07) is 16.7. The molecular weight excluding hydrogens is 380 g/mol. The second-order valence-corrected chi connectivity index (χ2v) is 7.25. The maximum atomic E-state index is 12.8. The first-order chi connectivity index (χ1) is 14.6. The molecule has 1 aliphatic heterocycles. The number of esters is 1. The zero-order valence-corrected chi connectivity index (χ0v) is 17.1. The van der Waals surface area contributed by atoms with Gasteiger partial charge in [-0.3, -0.25) is 4.68 Å². The number of ether oxygens (including phenoxy) is 1. The number of nitrogens with zero attached hydrogens (tertiary/aromatic N) is 3. The molecule has 1 aliphatic rings. The van der Waals surface area contributed by atoms with Crippen LogP contribution >= 0.6 is 0 Å². The number of methoxy groups -OCH3 is 1. The third kappa shape index (κ3) is 3.91. The number of nitrogens with one attached hydrogen (secondary N) is 1. The monoisotopic (exact) mass is 404 g/mol. The summed E-state index contributed by atoms with van der Waals surface area (Å²) < 4.78 is 6.64. The molecule has 30 heavy (non-hydrogen) atoms. The minimum absolute atomic E-state index is 0.156. The van der Waals surface area contributed by atoms with Gasteiger partial charge in [0.15, 0.2) is 0 Å². The first-order valence-electron chi connectivity index (χ1n) is 9.91. The van der Waals surface area contributed by atoms with E-state index < -0.39 is 5.97 Å². The number of aryl methyl sites for hydroxylation is 1. The van der Waals surface area contributed by atoms with Crippen LogP contribution in [0, 0.1) is 0 Å². The fourth-order valence-electron chi connectivity index (χ4n) is 3.86. The van der Waals surface area contributed by atoms with E-state index >= 15 is 0 Å². The molecule has 0 unspecified atom stereocenters. The van der Waals surface area contributed by atoms with E-state index in [4.69, 9.17) is 9.84 Å². The lowest BCUT2D eigenvalue weighted by molar-refractivity contribution is 0.0600. The third-order valence-electron chi connectivity index (χ3n) is 5.37. The molecule has 3 aromatic rings. The first-order valence-corrected chi connectivity index (χ1v) is 9.91. The van der Waals surface area contributed by atoms with Crippen molar-refractivity contribution in [3.63, 3.8) is 0 Å². The lowest BCUT2D eigenvalue weighted by Gasteiger charge is -2.21. The van der Waals surface area contributed by atoms with Crippen LogP contribution in [0.3, 0.4) is 0 Å². The zero-order chi connectivity index (χ0) is 21.1. The molecule has 1 N–H and O–H groups in total. The standard InChI is InChI=1S/C23H24N4O3/c1-26-21(16-6-4-3-5-7-16)19-12-14-27(15-13-20(19)25-26)23(29)24-18-10-8-17(9-11-18)22(28)30-2/h3-11H,12-15H2,1-2H3,(H,24,29). The summed E-state index contributed by atoms with van der Waals surface area (Å²) in [6.07, 6.45) is 1.47. The number of amides is 2. The maximum absolute atomic E-state index is 12.8. The molecule has 1 aromatic heterocycles. The van der Waals surface area contributed by atoms with Gasteiger partial charge in [0.05, 0.1) is 24.1 Å². The van der Waals surface area contributed by atoms with E-state index in [0.29, 0.717) is 30.8 Å². The number of carbonyl (C=O) groups excluding carboxylic acids is 2. The van der Waals surface area contributed by atoms with Gasteiger partial charge in [0, 0.05) is 43.4 Å². The highest BCUT2D eigenvalue weighted by atomic mass is 16.5. The van der Waals surface area contributed by atoms with Crippen molar-refractivity contribution < 1.29 is 14.3 Å². The summed E-state index contributed by atoms with van der Waals surface area (Å²) in [4.78, 5) is 26.1. The molecule has 0 saturated heterocycles. The number of benzene rings is 2. The van der Waals surface area contributed by atoms with Crippen LogP contribution in [0.15, 0.2) is 54.6 Å². The topological polar surface area (TPSA) is 76.5 Å². The number of rotatable bonds is 3. The second-order valence-electron chi connectivity index (χ2n) is 7.25. The van der Waals surface area contributed by atoms with Gasteiger partial charge in [-0.15, -0.1) is 0 Å². The SMILES string of the molecule is COC(=O)c1ccc(NC(=O)N2CCc3nn(C)c(-c4ccccc4)c3CC2)cc1. The minimum Gasteiger partial charge on any atom is -0.465 e. The molecule has 0 bridgehead atoms. The molecule has 154 valence electrons. The number of aromatic nitrogens is 2. The Morgan fingerprint density at radius 1 is 1.00 bits per heavy atom. The highest BCUT2D eigenvalue weighted by Crippen LogP contribution is 2.28. The van der Waals surface area contributed by atoms with E-state index in [-0.39, 0.29) is 6.03 Å². The molecule has 2 aromatic carbocycles. The molecule has 7 heteroatoms. The molecule has 0 saturated carbocycles. The van der Waals surface area contributed by atoms with Crippen LogP contribution in [0.4, 0.5) is 10.5 Å². The van der Waals surface area contributed by atoms with Gasteiger partial charge in [0.1, 0.15) is 0 Å². The van der Waals surface area contributed by atoms with Gasteiger partial charge in [-0.1, -0.05) is 30.3 Å². The van der Waals surface area contributed by atoms with Crippen LogP contribution in [0.2, 0.25) is 0 Å². The Balaban J connectivity index is 1.46. The largest absolute Gasteiger partial charge is 0.465 e. The smallest absolute Gasteiger partial charge is 0.337 e. The van der Waals surface area contributed by atoms with E-state index in [1.165, 1.54) is 12.7 Å². The molecular formula is C23H24N4O3. The average Bonchev–Trinajstić information content (AvgIpc) is 2.94. The van der Waals surface area contributed by atoms with E-state index in [1.54, 1.807) is 24.3 Å². The van der Waals surface area contributed by atoms with Crippen molar-refractivity contribution in [1.82, 2.24) is 14.7 Å². The fourth-order valence-corrected chi connectivity index (χ4v) is 3.86. The molecule has 4 rings (SSSR count). The van der Waals surface area contributed by atoms with Gasteiger partial charge in [0.25, 0.3) is 0 Å². The Hall–Kier alpha value is -3.61. The lowest BCUT2D eigenvalue weighted by Crippen LogP contribution is -2.37. The van der Waals surface area contributed by atoms with Gasteiger partial charge < -0.3 is 15.0 Å². The van der Waals surface area contributed by atoms with Crippen molar-refractivity contribution in [1.29, 1.82) is 0 Å². The number of urea groups is 1. The van der Waals surface area contributed by atoms with Crippen LogP contribution < -0.4 is 5.32 Å². The lowest BCUT2D eigenvalue weighted by atomic mass is 10.0. The van der Waals surface area contributed by atoms with Gasteiger partial charge >= 0.3 is 12.0 Å². The van der Waals surface area contributed by atoms with Crippen LogP contribution in [0.1, 0.15) is 21.6 Å². The molecule has 0 radical (unpaired) electrons. The van der Waals surface area contributed by atoms with Crippen molar-refractivity contribution in [3.8, 4) is 11.3 Å². The Morgan fingerprint density at radius 3 is 2.40 bits per heavy atom. The van der Waals surface area contributed by atoms with Gasteiger partial charge in [-0.25, -0.2) is 9.59 Å². The van der Waals surface area contributed by atoms with Crippen LogP contribution in [0.5, 0.6) is 0 Å². The summed E-state index contributed by atoms with van der Waals surface area (Å²) in [5.41, 5.74) is 5.60. The summed E-state index contributed by atoms with van der Waals surface area (Å²) in [7, 11) is 3.31. The van der Waals surface area contributed by atoms with Crippen LogP contribution in [-0.2, 0) is 24.6 Å². The predicted octanol–water partition coefficient (Wildman–Crippen LogP) is 3.51. The molecule has 0 spiro atoms. The third-order valence-corrected chi connectivity index (χ3v) is 5.37. The van der Waals surface area contributed by atoms with Gasteiger partial charge in [-0.2, -0.15) is 5.10 Å². The number of carbonyl (C=O) groups is 2. The molecule has 2 heterocycles. The second kappa shape index (κ2) is 8.41. The molecule has 7 nitrogen and oxygen atoms in total. The predicted molar refractivity (Wildman–Crippen MR) is 114 cm³/mol. The van der Waals surface area contributed by atoms with E-state index in [1.807, 2.05) is 34.8 Å². The minimum atomic E-state index is -0.403. The summed E-state index contributed by atoms with van der Waals surface area (Å²) in [6.45, 7) is 1.22. The zero-order valence-electron chi connectivity index (χ0n) is 17.1. The highest BCUT2D eigenvalue weighted by Gasteiger charge is 2.24. The Labute approximate surface area is 175 Å². The average molecular weight is 404 g/mol. The number of hydrogen-bond acceptors (Lipinski definition) is 4. The molecule has 0 fully saturated rings. The van der Waals surface area contributed by atoms with E-state index in [9.17, 15) is 9.59 Å². The summed E-state index contributed by atoms with van der Waals surface area (Å²) >= 11 is 0. The van der Waals surface area contributed by atoms with Crippen molar-refractivity contribution in [2.75, 3.05) is 25.5 Å². The van der Waals surface area contributed by atoms with Gasteiger partial charge in [-0.05, 0) is 30.7 Å². The van der Waals surface area contributed by atoms with Crippen molar-refractivity contribution in [2.45, 2.75) is 12.8 Å². The number of anilines is 1.